The van der Waals surface area contributed by atoms with Crippen molar-refractivity contribution in [2.24, 2.45) is 0 Å². The summed E-state index contributed by atoms with van der Waals surface area (Å²) in [6.45, 7) is 12.3. The first-order chi connectivity index (χ1) is 9.02. The first-order valence-electron chi connectivity index (χ1n) is 7.09. The fourth-order valence-corrected chi connectivity index (χ4v) is 4.32. The molecule has 1 aromatic heterocycles. The number of aromatic nitrogens is 1. The Morgan fingerprint density at radius 3 is 3.00 bits per heavy atom. The molecule has 1 fully saturated rings. The molecule has 2 heterocycles. The maximum Gasteiger partial charge on any atom is 0.185 e. The lowest BCUT2D eigenvalue weighted by Crippen LogP contribution is -2.27. The maximum atomic E-state index is 4.81. The monoisotopic (exact) mass is 299 g/mol. The van der Waals surface area contributed by atoms with Crippen molar-refractivity contribution in [2.45, 2.75) is 44.9 Å². The highest BCUT2D eigenvalue weighted by Gasteiger charge is 2.25. The highest BCUT2D eigenvalue weighted by Crippen LogP contribution is 2.33. The second kappa shape index (κ2) is 6.46. The lowest BCUT2D eigenvalue weighted by atomic mass is 10.1. The Morgan fingerprint density at radius 2 is 2.26 bits per heavy atom. The summed E-state index contributed by atoms with van der Waals surface area (Å²) >= 11 is 3.87. The second-order valence-corrected chi connectivity index (χ2v) is 8.32. The average molecular weight is 300 g/mol. The van der Waals surface area contributed by atoms with E-state index in [1.165, 1.54) is 23.0 Å². The van der Waals surface area contributed by atoms with Gasteiger partial charge in [-0.05, 0) is 19.9 Å². The molecular weight excluding hydrogens is 274 g/mol. The molecular formula is C14H25N3S2. The molecule has 0 radical (unpaired) electrons. The van der Waals surface area contributed by atoms with Gasteiger partial charge in [0, 0.05) is 35.0 Å². The van der Waals surface area contributed by atoms with Gasteiger partial charge in [0.25, 0.3) is 0 Å². The van der Waals surface area contributed by atoms with Crippen molar-refractivity contribution in [2.75, 3.05) is 30.3 Å². The molecule has 1 aliphatic heterocycles. The van der Waals surface area contributed by atoms with E-state index in [1.54, 1.807) is 11.3 Å². The van der Waals surface area contributed by atoms with Crippen molar-refractivity contribution in [1.29, 1.82) is 0 Å². The van der Waals surface area contributed by atoms with Gasteiger partial charge >= 0.3 is 0 Å². The first kappa shape index (κ1) is 15.1. The molecule has 108 valence electrons. The molecule has 1 aliphatic rings. The number of nitrogens with one attached hydrogen (secondary N) is 1. The first-order valence-corrected chi connectivity index (χ1v) is 8.96. The van der Waals surface area contributed by atoms with E-state index >= 15 is 0 Å². The summed E-state index contributed by atoms with van der Waals surface area (Å²) < 4.78 is 0.409. The van der Waals surface area contributed by atoms with E-state index in [0.29, 0.717) is 10.8 Å². The summed E-state index contributed by atoms with van der Waals surface area (Å²) in [7, 11) is 0. The van der Waals surface area contributed by atoms with Crippen LogP contribution in [0.1, 0.15) is 45.9 Å². The smallest absolute Gasteiger partial charge is 0.185 e. The molecule has 1 N–H and O–H groups in total. The van der Waals surface area contributed by atoms with Gasteiger partial charge in [0.05, 0.1) is 5.69 Å². The molecule has 0 amide bonds. The highest BCUT2D eigenvalue weighted by atomic mass is 32.2. The van der Waals surface area contributed by atoms with Gasteiger partial charge in [-0.2, -0.15) is 11.8 Å². The Hall–Kier alpha value is -0.260. The van der Waals surface area contributed by atoms with Gasteiger partial charge in [-0.15, -0.1) is 11.3 Å². The number of hydrogen-bond acceptors (Lipinski definition) is 5. The molecule has 0 aromatic carbocycles. The zero-order chi connectivity index (χ0) is 13.9. The quantitative estimate of drug-likeness (QED) is 0.920. The third kappa shape index (κ3) is 4.10. The molecule has 0 saturated carbocycles. The number of rotatable bonds is 4. The van der Waals surface area contributed by atoms with Gasteiger partial charge in [-0.3, -0.25) is 0 Å². The molecule has 1 unspecified atom stereocenters. The molecule has 0 aliphatic carbocycles. The van der Waals surface area contributed by atoms with Crippen LogP contribution in [0.15, 0.2) is 5.38 Å². The van der Waals surface area contributed by atoms with Crippen LogP contribution in [0.4, 0.5) is 5.13 Å². The van der Waals surface area contributed by atoms with Crippen molar-refractivity contribution in [3.8, 4) is 0 Å². The minimum Gasteiger partial charge on any atom is -0.347 e. The van der Waals surface area contributed by atoms with Crippen LogP contribution in [-0.4, -0.2) is 35.1 Å². The molecule has 2 rings (SSSR count). The zero-order valence-electron chi connectivity index (χ0n) is 12.4. The summed E-state index contributed by atoms with van der Waals surface area (Å²) in [4.78, 5) is 7.27. The number of nitrogens with zero attached hydrogens (tertiary/aromatic N) is 2. The van der Waals surface area contributed by atoms with Gasteiger partial charge in [0.1, 0.15) is 0 Å². The summed E-state index contributed by atoms with van der Waals surface area (Å²) in [5.74, 6) is 1.20. The lowest BCUT2D eigenvalue weighted by molar-refractivity contribution is 0.585. The summed E-state index contributed by atoms with van der Waals surface area (Å²) in [6.07, 6.45) is 1.23. The van der Waals surface area contributed by atoms with E-state index in [9.17, 15) is 0 Å². The van der Waals surface area contributed by atoms with Crippen LogP contribution in [0, 0.1) is 0 Å². The Labute approximate surface area is 125 Å². The molecule has 0 spiro atoms. The van der Waals surface area contributed by atoms with Crippen LogP contribution >= 0.6 is 23.1 Å². The molecule has 1 atom stereocenters. The SMILES string of the molecule is CCNC(C)c1csc(N2CCSC(C)(C)CC2)n1. The molecule has 5 heteroatoms. The zero-order valence-corrected chi connectivity index (χ0v) is 14.0. The third-order valence-electron chi connectivity index (χ3n) is 3.57. The Balaban J connectivity index is 2.02. The van der Waals surface area contributed by atoms with Gasteiger partial charge in [-0.25, -0.2) is 4.98 Å². The number of thiazole rings is 1. The van der Waals surface area contributed by atoms with Crippen LogP contribution in [-0.2, 0) is 0 Å². The summed E-state index contributed by atoms with van der Waals surface area (Å²) in [5, 5.41) is 6.82. The van der Waals surface area contributed by atoms with Gasteiger partial charge in [0.15, 0.2) is 5.13 Å². The minimum absolute atomic E-state index is 0.354. The predicted molar refractivity (Wildman–Crippen MR) is 87.6 cm³/mol. The standard InChI is InChI=1S/C14H25N3S2/c1-5-15-11(2)12-10-18-13(16-12)17-7-6-14(3,4)19-9-8-17/h10-11,15H,5-9H2,1-4H3. The number of anilines is 1. The van der Waals surface area contributed by atoms with Crippen LogP contribution in [0.5, 0.6) is 0 Å². The molecule has 0 bridgehead atoms. The Bertz CT molecular complexity index is 403. The van der Waals surface area contributed by atoms with Gasteiger partial charge in [0.2, 0.25) is 0 Å². The van der Waals surface area contributed by atoms with Gasteiger partial charge in [-0.1, -0.05) is 20.8 Å². The van der Waals surface area contributed by atoms with Crippen molar-refractivity contribution in [3.63, 3.8) is 0 Å². The topological polar surface area (TPSA) is 28.2 Å². The fraction of sp³-hybridized carbons (Fsp3) is 0.786. The van der Waals surface area contributed by atoms with Crippen molar-refractivity contribution in [1.82, 2.24) is 10.3 Å². The Kier molecular flexibility index (Phi) is 5.15. The Morgan fingerprint density at radius 1 is 1.47 bits per heavy atom. The summed E-state index contributed by atoms with van der Waals surface area (Å²) in [6, 6.07) is 0.354. The minimum atomic E-state index is 0.354. The van der Waals surface area contributed by atoms with Crippen LogP contribution in [0.2, 0.25) is 0 Å². The van der Waals surface area contributed by atoms with E-state index in [2.05, 4.69) is 55.1 Å². The van der Waals surface area contributed by atoms with E-state index < -0.39 is 0 Å². The number of thioether (sulfide) groups is 1. The fourth-order valence-electron chi connectivity index (χ4n) is 2.24. The lowest BCUT2D eigenvalue weighted by Gasteiger charge is -2.22. The van der Waals surface area contributed by atoms with E-state index in [-0.39, 0.29) is 0 Å². The summed E-state index contributed by atoms with van der Waals surface area (Å²) in [5.41, 5.74) is 1.18. The largest absolute Gasteiger partial charge is 0.347 e. The van der Waals surface area contributed by atoms with Crippen LogP contribution in [0.25, 0.3) is 0 Å². The van der Waals surface area contributed by atoms with E-state index in [0.717, 1.165) is 19.6 Å². The average Bonchev–Trinajstić information content (AvgIpc) is 2.76. The number of hydrogen-bond donors (Lipinski definition) is 1. The second-order valence-electron chi connectivity index (χ2n) is 5.68. The third-order valence-corrected chi connectivity index (χ3v) is 5.86. The molecule has 1 saturated heterocycles. The predicted octanol–water partition coefficient (Wildman–Crippen LogP) is 3.54. The van der Waals surface area contributed by atoms with Crippen LogP contribution < -0.4 is 10.2 Å². The highest BCUT2D eigenvalue weighted by molar-refractivity contribution is 8.00. The maximum absolute atomic E-state index is 4.81. The molecule has 3 nitrogen and oxygen atoms in total. The van der Waals surface area contributed by atoms with Crippen molar-refractivity contribution >= 4 is 28.2 Å². The van der Waals surface area contributed by atoms with E-state index in [4.69, 9.17) is 4.98 Å². The van der Waals surface area contributed by atoms with Crippen molar-refractivity contribution in [3.05, 3.63) is 11.1 Å². The van der Waals surface area contributed by atoms with Crippen molar-refractivity contribution < 1.29 is 0 Å². The van der Waals surface area contributed by atoms with Gasteiger partial charge < -0.3 is 10.2 Å². The molecule has 1 aromatic rings. The molecule has 19 heavy (non-hydrogen) atoms. The van der Waals surface area contributed by atoms with E-state index in [1.807, 2.05) is 0 Å². The van der Waals surface area contributed by atoms with Crippen LogP contribution in [0.3, 0.4) is 0 Å². The normalized spacial score (nSPS) is 21.2.